The highest BCUT2D eigenvalue weighted by molar-refractivity contribution is 6.31. The molecule has 1 atom stereocenters. The minimum atomic E-state index is -1.03. The van der Waals surface area contributed by atoms with Gasteiger partial charge in [0.05, 0.1) is 11.1 Å². The number of rotatable bonds is 1. The first-order chi connectivity index (χ1) is 5.52. The predicted octanol–water partition coefficient (Wildman–Crippen LogP) is 2.67. The van der Waals surface area contributed by atoms with Crippen LogP contribution in [0.5, 0.6) is 0 Å². The van der Waals surface area contributed by atoms with E-state index < -0.39 is 17.7 Å². The Morgan fingerprint density at radius 3 is 2.42 bits per heavy atom. The maximum Gasteiger partial charge on any atom is 0.133 e. The predicted molar refractivity (Wildman–Crippen MR) is 42.0 cm³/mol. The molecule has 1 rings (SSSR count). The molecule has 1 N–H and O–H groups in total. The SMILES string of the molecule is CC(O)c1c(F)cc(F)cc1Cl. The molecule has 1 unspecified atom stereocenters. The van der Waals surface area contributed by atoms with E-state index in [4.69, 9.17) is 16.7 Å². The molecular weight excluding hydrogens is 186 g/mol. The minimum absolute atomic E-state index is 0.0712. The Hall–Kier alpha value is -0.670. The maximum absolute atomic E-state index is 12.9. The molecule has 1 aromatic carbocycles. The fourth-order valence-electron chi connectivity index (χ4n) is 0.952. The molecule has 0 aliphatic heterocycles. The van der Waals surface area contributed by atoms with Crippen LogP contribution < -0.4 is 0 Å². The minimum Gasteiger partial charge on any atom is -0.389 e. The van der Waals surface area contributed by atoms with E-state index in [9.17, 15) is 8.78 Å². The lowest BCUT2D eigenvalue weighted by atomic mass is 10.1. The van der Waals surface area contributed by atoms with Crippen molar-refractivity contribution >= 4 is 11.6 Å². The quantitative estimate of drug-likeness (QED) is 0.725. The molecule has 12 heavy (non-hydrogen) atoms. The zero-order valence-electron chi connectivity index (χ0n) is 6.31. The van der Waals surface area contributed by atoms with Crippen molar-refractivity contribution in [2.75, 3.05) is 0 Å². The smallest absolute Gasteiger partial charge is 0.133 e. The summed E-state index contributed by atoms with van der Waals surface area (Å²) >= 11 is 5.49. The normalized spacial score (nSPS) is 13.1. The van der Waals surface area contributed by atoms with Gasteiger partial charge in [0.2, 0.25) is 0 Å². The first-order valence-corrected chi connectivity index (χ1v) is 3.72. The number of hydrogen-bond acceptors (Lipinski definition) is 1. The second kappa shape index (κ2) is 3.37. The van der Waals surface area contributed by atoms with E-state index in [0.29, 0.717) is 6.07 Å². The van der Waals surface area contributed by atoms with Crippen molar-refractivity contribution in [1.82, 2.24) is 0 Å². The molecule has 0 saturated carbocycles. The van der Waals surface area contributed by atoms with Crippen molar-refractivity contribution in [1.29, 1.82) is 0 Å². The molecule has 1 aromatic rings. The van der Waals surface area contributed by atoms with E-state index >= 15 is 0 Å². The van der Waals surface area contributed by atoms with Crippen LogP contribution in [0.25, 0.3) is 0 Å². The molecule has 0 aliphatic carbocycles. The van der Waals surface area contributed by atoms with Crippen LogP contribution in [0.15, 0.2) is 12.1 Å². The molecule has 0 heterocycles. The van der Waals surface area contributed by atoms with Gasteiger partial charge in [0.1, 0.15) is 11.6 Å². The molecule has 0 aliphatic rings. The first-order valence-electron chi connectivity index (χ1n) is 3.35. The summed E-state index contributed by atoms with van der Waals surface area (Å²) in [5.74, 6) is -1.57. The Balaban J connectivity index is 3.28. The van der Waals surface area contributed by atoms with Crippen LogP contribution in [0.2, 0.25) is 5.02 Å². The Labute approximate surface area is 73.6 Å². The average Bonchev–Trinajstić information content (AvgIpc) is 1.82. The van der Waals surface area contributed by atoms with Gasteiger partial charge < -0.3 is 5.11 Å². The van der Waals surface area contributed by atoms with Gasteiger partial charge in [0.25, 0.3) is 0 Å². The molecule has 0 aromatic heterocycles. The lowest BCUT2D eigenvalue weighted by molar-refractivity contribution is 0.194. The lowest BCUT2D eigenvalue weighted by Crippen LogP contribution is -1.97. The molecule has 0 bridgehead atoms. The summed E-state index contributed by atoms with van der Waals surface area (Å²) in [6.45, 7) is 1.36. The van der Waals surface area contributed by atoms with Gasteiger partial charge in [-0.05, 0) is 13.0 Å². The molecule has 0 radical (unpaired) electrons. The van der Waals surface area contributed by atoms with Crippen LogP contribution in [0, 0.1) is 11.6 Å². The topological polar surface area (TPSA) is 20.2 Å². The fraction of sp³-hybridized carbons (Fsp3) is 0.250. The van der Waals surface area contributed by atoms with E-state index in [-0.39, 0.29) is 10.6 Å². The van der Waals surface area contributed by atoms with Gasteiger partial charge in [-0.3, -0.25) is 0 Å². The number of hydrogen-bond donors (Lipinski definition) is 1. The molecule has 66 valence electrons. The summed E-state index contributed by atoms with van der Waals surface area (Å²) in [5.41, 5.74) is -0.0712. The zero-order valence-corrected chi connectivity index (χ0v) is 7.07. The molecule has 4 heteroatoms. The lowest BCUT2D eigenvalue weighted by Gasteiger charge is -2.07. The summed E-state index contributed by atoms with van der Waals surface area (Å²) in [7, 11) is 0. The van der Waals surface area contributed by atoms with Gasteiger partial charge in [0.15, 0.2) is 0 Å². The van der Waals surface area contributed by atoms with Crippen LogP contribution in [-0.4, -0.2) is 5.11 Å². The second-order valence-corrected chi connectivity index (χ2v) is 2.87. The average molecular weight is 193 g/mol. The van der Waals surface area contributed by atoms with Crippen LogP contribution >= 0.6 is 11.6 Å². The Kier molecular flexibility index (Phi) is 2.65. The maximum atomic E-state index is 12.9. The number of aliphatic hydroxyl groups excluding tert-OH is 1. The Morgan fingerprint density at radius 1 is 1.42 bits per heavy atom. The largest absolute Gasteiger partial charge is 0.389 e. The summed E-state index contributed by atoms with van der Waals surface area (Å²) < 4.78 is 25.3. The third-order valence-electron chi connectivity index (χ3n) is 1.46. The summed E-state index contributed by atoms with van der Waals surface area (Å²) in [5, 5.41) is 8.93. The zero-order chi connectivity index (χ0) is 9.30. The van der Waals surface area contributed by atoms with E-state index in [1.54, 1.807) is 0 Å². The number of aliphatic hydroxyl groups is 1. The van der Waals surface area contributed by atoms with Crippen LogP contribution in [0.1, 0.15) is 18.6 Å². The summed E-state index contributed by atoms with van der Waals surface area (Å²) in [6, 6.07) is 1.65. The first kappa shape index (κ1) is 9.42. The Bertz CT molecular complexity index is 276. The highest BCUT2D eigenvalue weighted by atomic mass is 35.5. The second-order valence-electron chi connectivity index (χ2n) is 2.46. The molecule has 0 fully saturated rings. The molecular formula is C8H7ClF2O. The van der Waals surface area contributed by atoms with Gasteiger partial charge in [-0.25, -0.2) is 8.78 Å². The van der Waals surface area contributed by atoms with Crippen molar-refractivity contribution in [2.24, 2.45) is 0 Å². The highest BCUT2D eigenvalue weighted by Crippen LogP contribution is 2.26. The van der Waals surface area contributed by atoms with E-state index in [1.165, 1.54) is 6.92 Å². The van der Waals surface area contributed by atoms with E-state index in [0.717, 1.165) is 6.07 Å². The van der Waals surface area contributed by atoms with Crippen molar-refractivity contribution < 1.29 is 13.9 Å². The highest BCUT2D eigenvalue weighted by Gasteiger charge is 2.13. The Morgan fingerprint density at radius 2 is 2.00 bits per heavy atom. The van der Waals surface area contributed by atoms with Gasteiger partial charge >= 0.3 is 0 Å². The van der Waals surface area contributed by atoms with Gasteiger partial charge in [0, 0.05) is 11.6 Å². The standard InChI is InChI=1S/C8H7ClF2O/c1-4(12)8-6(9)2-5(10)3-7(8)11/h2-4,12H,1H3. The van der Waals surface area contributed by atoms with Gasteiger partial charge in [-0.15, -0.1) is 0 Å². The van der Waals surface area contributed by atoms with Crippen molar-refractivity contribution in [3.63, 3.8) is 0 Å². The van der Waals surface area contributed by atoms with Gasteiger partial charge in [-0.1, -0.05) is 11.6 Å². The third kappa shape index (κ3) is 1.73. The van der Waals surface area contributed by atoms with Crippen LogP contribution in [0.4, 0.5) is 8.78 Å². The summed E-state index contributed by atoms with van der Waals surface area (Å²) in [6.07, 6.45) is -1.03. The third-order valence-corrected chi connectivity index (χ3v) is 1.77. The molecule has 0 spiro atoms. The van der Waals surface area contributed by atoms with E-state index in [1.807, 2.05) is 0 Å². The molecule has 0 saturated heterocycles. The van der Waals surface area contributed by atoms with Crippen molar-refractivity contribution in [2.45, 2.75) is 13.0 Å². The monoisotopic (exact) mass is 192 g/mol. The van der Waals surface area contributed by atoms with Crippen molar-refractivity contribution in [3.8, 4) is 0 Å². The number of halogens is 3. The van der Waals surface area contributed by atoms with Crippen molar-refractivity contribution in [3.05, 3.63) is 34.4 Å². The molecule has 0 amide bonds. The molecule has 1 nitrogen and oxygen atoms in total. The van der Waals surface area contributed by atoms with E-state index in [2.05, 4.69) is 0 Å². The van der Waals surface area contributed by atoms with Crippen LogP contribution in [0.3, 0.4) is 0 Å². The fourth-order valence-corrected chi connectivity index (χ4v) is 1.30. The van der Waals surface area contributed by atoms with Crippen LogP contribution in [-0.2, 0) is 0 Å². The summed E-state index contributed by atoms with van der Waals surface area (Å²) in [4.78, 5) is 0. The number of benzene rings is 1. The van der Waals surface area contributed by atoms with Gasteiger partial charge in [-0.2, -0.15) is 0 Å².